The van der Waals surface area contributed by atoms with Gasteiger partial charge in [-0.1, -0.05) is 13.3 Å². The number of rotatable bonds is 4. The Morgan fingerprint density at radius 2 is 2.20 bits per heavy atom. The molecule has 106 valence electrons. The van der Waals surface area contributed by atoms with E-state index in [0.29, 0.717) is 21.4 Å². The molecule has 0 aliphatic heterocycles. The molecule has 1 N–H and O–H groups in total. The first-order chi connectivity index (χ1) is 9.56. The maximum Gasteiger partial charge on any atom is 0.264 e. The smallest absolute Gasteiger partial charge is 0.264 e. The van der Waals surface area contributed by atoms with Crippen LogP contribution in [0.4, 0.5) is 4.39 Å². The van der Waals surface area contributed by atoms with Gasteiger partial charge in [0.2, 0.25) is 0 Å². The summed E-state index contributed by atoms with van der Waals surface area (Å²) in [6.07, 6.45) is 1.61. The average Bonchev–Trinajstić information content (AvgIpc) is 2.43. The zero-order valence-electron chi connectivity index (χ0n) is 11.2. The zero-order chi connectivity index (χ0) is 14.7. The molecule has 0 saturated heterocycles. The van der Waals surface area contributed by atoms with Crippen LogP contribution in [0.25, 0.3) is 11.4 Å². The van der Waals surface area contributed by atoms with Gasteiger partial charge in [-0.05, 0) is 47.2 Å². The lowest BCUT2D eigenvalue weighted by atomic mass is 10.2. The molecule has 20 heavy (non-hydrogen) atoms. The van der Waals surface area contributed by atoms with Crippen LogP contribution >= 0.6 is 22.6 Å². The second kappa shape index (κ2) is 6.34. The third-order valence-electron chi connectivity index (χ3n) is 2.84. The number of halogens is 2. The normalized spacial score (nSPS) is 10.6. The second-order valence-corrected chi connectivity index (χ2v) is 5.35. The van der Waals surface area contributed by atoms with Gasteiger partial charge in [0, 0.05) is 5.56 Å². The highest BCUT2D eigenvalue weighted by atomic mass is 127. The van der Waals surface area contributed by atoms with Gasteiger partial charge in [0.1, 0.15) is 5.82 Å². The Kier molecular flexibility index (Phi) is 4.74. The molecule has 4 nitrogen and oxygen atoms in total. The van der Waals surface area contributed by atoms with Crippen LogP contribution in [0, 0.1) is 9.39 Å². The molecule has 1 aromatic carbocycles. The molecular weight excluding hydrogens is 374 g/mol. The van der Waals surface area contributed by atoms with Crippen LogP contribution in [-0.2, 0) is 6.42 Å². The van der Waals surface area contributed by atoms with Crippen LogP contribution in [0.1, 0.15) is 19.0 Å². The van der Waals surface area contributed by atoms with Gasteiger partial charge in [-0.2, -0.15) is 0 Å². The monoisotopic (exact) mass is 388 g/mol. The highest BCUT2D eigenvalue weighted by molar-refractivity contribution is 14.1. The van der Waals surface area contributed by atoms with Crippen molar-refractivity contribution in [2.45, 2.75) is 19.8 Å². The van der Waals surface area contributed by atoms with Crippen molar-refractivity contribution in [2.75, 3.05) is 7.11 Å². The predicted octanol–water partition coefficient (Wildman–Crippen LogP) is 3.14. The Morgan fingerprint density at radius 3 is 2.80 bits per heavy atom. The lowest BCUT2D eigenvalue weighted by Crippen LogP contribution is -2.16. The minimum absolute atomic E-state index is 0.162. The highest BCUT2D eigenvalue weighted by Crippen LogP contribution is 2.23. The Balaban J connectivity index is 2.52. The predicted molar refractivity (Wildman–Crippen MR) is 83.5 cm³/mol. The molecular formula is C14H14FIN2O2. The first-order valence-electron chi connectivity index (χ1n) is 6.19. The van der Waals surface area contributed by atoms with E-state index in [1.165, 1.54) is 19.2 Å². The number of aryl methyl sites for hydroxylation is 1. The van der Waals surface area contributed by atoms with Crippen LogP contribution in [0.2, 0.25) is 0 Å². The number of hydrogen-bond acceptors (Lipinski definition) is 3. The van der Waals surface area contributed by atoms with Crippen molar-refractivity contribution in [3.8, 4) is 17.1 Å². The maximum absolute atomic E-state index is 13.7. The molecule has 0 spiro atoms. The van der Waals surface area contributed by atoms with Crippen LogP contribution in [-0.4, -0.2) is 17.1 Å². The summed E-state index contributed by atoms with van der Waals surface area (Å²) >= 11 is 1.98. The fraction of sp³-hybridized carbons (Fsp3) is 0.286. The third-order valence-corrected chi connectivity index (χ3v) is 3.96. The van der Waals surface area contributed by atoms with Crippen LogP contribution in [0.5, 0.6) is 5.75 Å². The zero-order valence-corrected chi connectivity index (χ0v) is 13.3. The second-order valence-electron chi connectivity index (χ2n) is 4.27. The Labute approximate surface area is 129 Å². The Bertz CT molecular complexity index is 685. The van der Waals surface area contributed by atoms with Crippen molar-refractivity contribution < 1.29 is 9.13 Å². The Morgan fingerprint density at radius 1 is 1.45 bits per heavy atom. The van der Waals surface area contributed by atoms with Crippen molar-refractivity contribution in [1.29, 1.82) is 0 Å². The molecule has 2 aromatic rings. The summed E-state index contributed by atoms with van der Waals surface area (Å²) in [5.74, 6) is 0.0547. The van der Waals surface area contributed by atoms with Gasteiger partial charge in [0.15, 0.2) is 11.6 Å². The van der Waals surface area contributed by atoms with E-state index in [2.05, 4.69) is 9.97 Å². The molecule has 1 aromatic heterocycles. The summed E-state index contributed by atoms with van der Waals surface area (Å²) in [6, 6.07) is 4.49. The van der Waals surface area contributed by atoms with Crippen molar-refractivity contribution in [1.82, 2.24) is 9.97 Å². The van der Waals surface area contributed by atoms with Gasteiger partial charge in [0.25, 0.3) is 5.56 Å². The van der Waals surface area contributed by atoms with Gasteiger partial charge in [-0.3, -0.25) is 4.79 Å². The SMILES string of the molecule is CCCc1nc(-c2ccc(OC)c(F)c2)[nH]c(=O)c1I. The average molecular weight is 388 g/mol. The lowest BCUT2D eigenvalue weighted by molar-refractivity contribution is 0.386. The topological polar surface area (TPSA) is 55.0 Å². The first-order valence-corrected chi connectivity index (χ1v) is 7.27. The quantitative estimate of drug-likeness (QED) is 0.819. The third kappa shape index (κ3) is 3.00. The minimum Gasteiger partial charge on any atom is -0.494 e. The van der Waals surface area contributed by atoms with E-state index in [9.17, 15) is 9.18 Å². The molecule has 0 aliphatic carbocycles. The maximum atomic E-state index is 13.7. The van der Waals surface area contributed by atoms with Gasteiger partial charge in [-0.25, -0.2) is 9.37 Å². The number of aromatic amines is 1. The summed E-state index contributed by atoms with van der Waals surface area (Å²) < 4.78 is 19.2. The van der Waals surface area contributed by atoms with Crippen molar-refractivity contribution in [2.24, 2.45) is 0 Å². The summed E-state index contributed by atoms with van der Waals surface area (Å²) in [5.41, 5.74) is 1.06. The number of benzene rings is 1. The van der Waals surface area contributed by atoms with Crippen LogP contribution in [0.3, 0.4) is 0 Å². The van der Waals surface area contributed by atoms with Gasteiger partial charge >= 0.3 is 0 Å². The van der Waals surface area contributed by atoms with E-state index in [4.69, 9.17) is 4.74 Å². The van der Waals surface area contributed by atoms with E-state index in [1.54, 1.807) is 6.07 Å². The summed E-state index contributed by atoms with van der Waals surface area (Å²) in [6.45, 7) is 2.02. The van der Waals surface area contributed by atoms with E-state index >= 15 is 0 Å². The number of methoxy groups -OCH3 is 1. The van der Waals surface area contributed by atoms with E-state index < -0.39 is 5.82 Å². The summed E-state index contributed by atoms with van der Waals surface area (Å²) in [7, 11) is 1.41. The van der Waals surface area contributed by atoms with Crippen LogP contribution in [0.15, 0.2) is 23.0 Å². The molecule has 0 radical (unpaired) electrons. The molecule has 2 rings (SSSR count). The largest absolute Gasteiger partial charge is 0.494 e. The molecule has 0 bridgehead atoms. The Hall–Kier alpha value is -1.44. The fourth-order valence-corrected chi connectivity index (χ4v) is 2.38. The number of nitrogens with one attached hydrogen (secondary N) is 1. The van der Waals surface area contributed by atoms with Crippen molar-refractivity contribution in [3.63, 3.8) is 0 Å². The molecule has 6 heteroatoms. The number of H-pyrrole nitrogens is 1. The summed E-state index contributed by atoms with van der Waals surface area (Å²) in [5, 5.41) is 0. The number of ether oxygens (including phenoxy) is 1. The molecule has 1 heterocycles. The molecule has 0 saturated carbocycles. The molecule has 0 fully saturated rings. The fourth-order valence-electron chi connectivity index (χ4n) is 1.86. The lowest BCUT2D eigenvalue weighted by Gasteiger charge is -2.07. The van der Waals surface area contributed by atoms with Gasteiger partial charge in [-0.15, -0.1) is 0 Å². The van der Waals surface area contributed by atoms with E-state index in [-0.39, 0.29) is 11.3 Å². The van der Waals surface area contributed by atoms with Crippen molar-refractivity contribution >= 4 is 22.6 Å². The minimum atomic E-state index is -0.483. The molecule has 0 unspecified atom stereocenters. The van der Waals surface area contributed by atoms with E-state index in [1.807, 2.05) is 29.5 Å². The van der Waals surface area contributed by atoms with Gasteiger partial charge < -0.3 is 9.72 Å². The van der Waals surface area contributed by atoms with Crippen LogP contribution < -0.4 is 10.3 Å². The molecule has 0 aliphatic rings. The van der Waals surface area contributed by atoms with E-state index in [0.717, 1.165) is 12.1 Å². The highest BCUT2D eigenvalue weighted by Gasteiger charge is 2.11. The first kappa shape index (κ1) is 15.0. The number of aromatic nitrogens is 2. The number of nitrogens with zero attached hydrogens (tertiary/aromatic N) is 1. The molecule has 0 amide bonds. The van der Waals surface area contributed by atoms with Gasteiger partial charge in [0.05, 0.1) is 16.4 Å². The van der Waals surface area contributed by atoms with Crippen molar-refractivity contribution in [3.05, 3.63) is 43.6 Å². The molecule has 0 atom stereocenters. The summed E-state index contributed by atoms with van der Waals surface area (Å²) in [4.78, 5) is 19.0. The number of hydrogen-bond donors (Lipinski definition) is 1. The standard InChI is InChI=1S/C14H14FIN2O2/c1-3-4-10-12(16)14(19)18-13(17-10)8-5-6-11(20-2)9(15)7-8/h5-7H,3-4H2,1-2H3,(H,17,18,19).